The summed E-state index contributed by atoms with van der Waals surface area (Å²) in [5.74, 6) is 0.895. The molecule has 1 saturated carbocycles. The molecule has 0 spiro atoms. The average molecular weight is 277 g/mol. The van der Waals surface area contributed by atoms with Crippen molar-refractivity contribution in [1.29, 1.82) is 0 Å². The molecule has 0 amide bonds. The maximum Gasteiger partial charge on any atom is 0.00968 e. The fraction of sp³-hybridized carbons (Fsp3) is 0.895. The zero-order valence-electron chi connectivity index (χ0n) is 14.6. The highest BCUT2D eigenvalue weighted by atomic mass is 15.0. The van der Waals surface area contributed by atoms with Crippen LogP contribution in [0.4, 0.5) is 0 Å². The Bertz CT molecular complexity index is 353. The third-order valence-corrected chi connectivity index (χ3v) is 5.43. The predicted octanol–water partition coefficient (Wildman–Crippen LogP) is 5.32. The molecule has 2 rings (SSSR count). The van der Waals surface area contributed by atoms with Crippen LogP contribution in [0.1, 0.15) is 80.1 Å². The van der Waals surface area contributed by atoms with Gasteiger partial charge in [0.05, 0.1) is 0 Å². The molecule has 116 valence electrons. The number of rotatable bonds is 3. The van der Waals surface area contributed by atoms with Gasteiger partial charge in [0.1, 0.15) is 0 Å². The molecule has 1 heteroatoms. The van der Waals surface area contributed by atoms with Crippen LogP contribution in [-0.2, 0) is 0 Å². The summed E-state index contributed by atoms with van der Waals surface area (Å²) in [5, 5.41) is 3.79. The van der Waals surface area contributed by atoms with E-state index in [-0.39, 0.29) is 5.54 Å². The molecule has 0 bridgehead atoms. The second kappa shape index (κ2) is 5.48. The van der Waals surface area contributed by atoms with Gasteiger partial charge in [0.2, 0.25) is 0 Å². The minimum Gasteiger partial charge on any atom is -0.311 e. The molecular formula is C19H35N. The molecule has 0 saturated heterocycles. The average Bonchev–Trinajstić information content (AvgIpc) is 2.25. The molecule has 0 aromatic heterocycles. The number of allylic oxidation sites excluding steroid dienone is 1. The normalized spacial score (nSPS) is 31.7. The Morgan fingerprint density at radius 3 is 2.20 bits per heavy atom. The summed E-state index contributed by atoms with van der Waals surface area (Å²) < 4.78 is 0. The first-order valence-electron chi connectivity index (χ1n) is 8.57. The van der Waals surface area contributed by atoms with E-state index in [9.17, 15) is 0 Å². The summed E-state index contributed by atoms with van der Waals surface area (Å²) in [5.41, 5.74) is 2.96. The van der Waals surface area contributed by atoms with Crippen LogP contribution in [-0.4, -0.2) is 12.1 Å². The van der Waals surface area contributed by atoms with Gasteiger partial charge in [-0.15, -0.1) is 0 Å². The van der Waals surface area contributed by atoms with Gasteiger partial charge in [-0.25, -0.2) is 0 Å². The van der Waals surface area contributed by atoms with Gasteiger partial charge < -0.3 is 5.32 Å². The molecule has 1 fully saturated rings. The van der Waals surface area contributed by atoms with Gasteiger partial charge in [-0.1, -0.05) is 32.4 Å². The van der Waals surface area contributed by atoms with E-state index in [1.807, 2.05) is 0 Å². The first-order chi connectivity index (χ1) is 9.12. The van der Waals surface area contributed by atoms with Crippen molar-refractivity contribution < 1.29 is 0 Å². The van der Waals surface area contributed by atoms with Gasteiger partial charge in [0.25, 0.3) is 0 Å². The van der Waals surface area contributed by atoms with E-state index in [0.29, 0.717) is 10.8 Å². The van der Waals surface area contributed by atoms with Crippen LogP contribution < -0.4 is 5.32 Å². The van der Waals surface area contributed by atoms with Crippen molar-refractivity contribution in [2.75, 3.05) is 6.54 Å². The van der Waals surface area contributed by atoms with Crippen molar-refractivity contribution in [2.24, 2.45) is 16.7 Å². The van der Waals surface area contributed by atoms with Crippen molar-refractivity contribution >= 4 is 0 Å². The van der Waals surface area contributed by atoms with Crippen LogP contribution in [0.15, 0.2) is 11.6 Å². The van der Waals surface area contributed by atoms with E-state index < -0.39 is 0 Å². The van der Waals surface area contributed by atoms with Crippen molar-refractivity contribution in [2.45, 2.75) is 85.6 Å². The van der Waals surface area contributed by atoms with Gasteiger partial charge in [0.15, 0.2) is 0 Å². The zero-order valence-corrected chi connectivity index (χ0v) is 14.6. The quantitative estimate of drug-likeness (QED) is 0.689. The van der Waals surface area contributed by atoms with Gasteiger partial charge in [0, 0.05) is 17.5 Å². The van der Waals surface area contributed by atoms with E-state index in [4.69, 9.17) is 0 Å². The van der Waals surface area contributed by atoms with Crippen molar-refractivity contribution in [3.8, 4) is 0 Å². The van der Waals surface area contributed by atoms with E-state index in [0.717, 1.165) is 5.92 Å². The maximum absolute atomic E-state index is 3.79. The van der Waals surface area contributed by atoms with Crippen LogP contribution in [0.2, 0.25) is 0 Å². The highest BCUT2D eigenvalue weighted by Crippen LogP contribution is 2.58. The summed E-state index contributed by atoms with van der Waals surface area (Å²) in [6, 6.07) is 0. The lowest BCUT2D eigenvalue weighted by atomic mass is 9.51. The fourth-order valence-electron chi connectivity index (χ4n) is 3.77. The van der Waals surface area contributed by atoms with Gasteiger partial charge in [-0.05, 0) is 70.6 Å². The second-order valence-corrected chi connectivity index (χ2v) is 9.33. The molecule has 1 nitrogen and oxygen atoms in total. The van der Waals surface area contributed by atoms with Crippen molar-refractivity contribution in [1.82, 2.24) is 5.32 Å². The van der Waals surface area contributed by atoms with Crippen molar-refractivity contribution in [3.05, 3.63) is 11.6 Å². The Kier molecular flexibility index (Phi) is 4.40. The molecule has 0 aromatic carbocycles. The third-order valence-electron chi connectivity index (χ3n) is 5.43. The van der Waals surface area contributed by atoms with Crippen LogP contribution in [0, 0.1) is 16.7 Å². The van der Waals surface area contributed by atoms with Crippen molar-refractivity contribution in [3.63, 3.8) is 0 Å². The van der Waals surface area contributed by atoms with E-state index in [2.05, 4.69) is 52.9 Å². The van der Waals surface area contributed by atoms with E-state index in [1.165, 1.54) is 45.1 Å². The SMILES string of the molecule is CC(C)(C)NCC1(C2=CCCCC2)CC(C(C)(C)C)C1. The van der Waals surface area contributed by atoms with Gasteiger partial charge in [-0.3, -0.25) is 0 Å². The maximum atomic E-state index is 3.79. The smallest absolute Gasteiger partial charge is 0.00968 e. The van der Waals surface area contributed by atoms with Gasteiger partial charge >= 0.3 is 0 Å². The Labute approximate surface area is 126 Å². The second-order valence-electron chi connectivity index (χ2n) is 9.33. The minimum atomic E-state index is 0.231. The Hall–Kier alpha value is -0.300. The summed E-state index contributed by atoms with van der Waals surface area (Å²) in [7, 11) is 0. The molecule has 0 atom stereocenters. The Morgan fingerprint density at radius 1 is 1.10 bits per heavy atom. The lowest BCUT2D eigenvalue weighted by Gasteiger charge is -2.55. The van der Waals surface area contributed by atoms with Gasteiger partial charge in [-0.2, -0.15) is 0 Å². The molecular weight excluding hydrogens is 242 g/mol. The molecule has 2 aliphatic carbocycles. The summed E-state index contributed by atoms with van der Waals surface area (Å²) >= 11 is 0. The van der Waals surface area contributed by atoms with Crippen LogP contribution >= 0.6 is 0 Å². The number of hydrogen-bond donors (Lipinski definition) is 1. The summed E-state index contributed by atoms with van der Waals surface area (Å²) in [6.07, 6.45) is 10.8. The predicted molar refractivity (Wildman–Crippen MR) is 88.9 cm³/mol. The highest BCUT2D eigenvalue weighted by molar-refractivity contribution is 5.23. The van der Waals surface area contributed by atoms with Crippen LogP contribution in [0.3, 0.4) is 0 Å². The summed E-state index contributed by atoms with van der Waals surface area (Å²) in [4.78, 5) is 0. The first-order valence-corrected chi connectivity index (χ1v) is 8.57. The number of hydrogen-bond acceptors (Lipinski definition) is 1. The largest absolute Gasteiger partial charge is 0.311 e. The lowest BCUT2D eigenvalue weighted by Crippen LogP contribution is -2.53. The molecule has 0 unspecified atom stereocenters. The van der Waals surface area contributed by atoms with E-state index >= 15 is 0 Å². The molecule has 0 aliphatic heterocycles. The first kappa shape index (κ1) is 16.1. The summed E-state index contributed by atoms with van der Waals surface area (Å²) in [6.45, 7) is 15.3. The molecule has 20 heavy (non-hydrogen) atoms. The lowest BCUT2D eigenvalue weighted by molar-refractivity contribution is 0.00744. The fourth-order valence-corrected chi connectivity index (χ4v) is 3.77. The molecule has 0 radical (unpaired) electrons. The third kappa shape index (κ3) is 3.67. The molecule has 2 aliphatic rings. The Morgan fingerprint density at radius 2 is 1.75 bits per heavy atom. The molecule has 0 aromatic rings. The Balaban J connectivity index is 2.08. The minimum absolute atomic E-state index is 0.231. The van der Waals surface area contributed by atoms with Crippen LogP contribution in [0.5, 0.6) is 0 Å². The monoisotopic (exact) mass is 277 g/mol. The van der Waals surface area contributed by atoms with Crippen LogP contribution in [0.25, 0.3) is 0 Å². The topological polar surface area (TPSA) is 12.0 Å². The number of nitrogens with one attached hydrogen (secondary N) is 1. The molecule has 0 heterocycles. The molecule has 1 N–H and O–H groups in total. The van der Waals surface area contributed by atoms with E-state index in [1.54, 1.807) is 5.57 Å². The highest BCUT2D eigenvalue weighted by Gasteiger charge is 2.50. The zero-order chi connectivity index (χ0) is 15.0. The standard InChI is InChI=1S/C19H35N/c1-17(2,3)16-12-19(13-16,14-20-18(4,5)6)15-10-8-7-9-11-15/h10,16,20H,7-9,11-14H2,1-6H3.